The molecule has 2 aromatic rings. The van der Waals surface area contributed by atoms with Gasteiger partial charge in [-0.3, -0.25) is 0 Å². The third-order valence-electron chi connectivity index (χ3n) is 4.33. The highest BCUT2D eigenvalue weighted by molar-refractivity contribution is 5.45. The normalized spacial score (nSPS) is 17.4. The van der Waals surface area contributed by atoms with Gasteiger partial charge in [0.05, 0.1) is 0 Å². The Morgan fingerprint density at radius 1 is 1.29 bits per heavy atom. The summed E-state index contributed by atoms with van der Waals surface area (Å²) in [5.41, 5.74) is 8.04. The standard InChI is InChI=1S/C18H25N5O/c1-2-3-14-10-17(22-18(19)21-14)23-9-8-15(12-23)20-11-13-4-6-16(24)7-5-13/h4-7,10,15,20,24H,2-3,8-9,11-12H2,1H3,(H2,19,21,22). The lowest BCUT2D eigenvalue weighted by Gasteiger charge is -2.19. The van der Waals surface area contributed by atoms with Crippen molar-refractivity contribution in [2.45, 2.75) is 38.8 Å². The Balaban J connectivity index is 1.58. The molecule has 1 aliphatic rings. The maximum Gasteiger partial charge on any atom is 0.222 e. The molecule has 0 bridgehead atoms. The number of hydrogen-bond acceptors (Lipinski definition) is 6. The zero-order valence-corrected chi connectivity index (χ0v) is 14.1. The van der Waals surface area contributed by atoms with Crippen molar-refractivity contribution in [1.29, 1.82) is 0 Å². The van der Waals surface area contributed by atoms with Gasteiger partial charge < -0.3 is 21.1 Å². The number of nitrogen functional groups attached to an aromatic ring is 1. The number of anilines is 2. The molecule has 1 aromatic carbocycles. The first-order valence-corrected chi connectivity index (χ1v) is 8.53. The van der Waals surface area contributed by atoms with Crippen LogP contribution in [0.15, 0.2) is 30.3 Å². The van der Waals surface area contributed by atoms with Crippen LogP contribution in [0.25, 0.3) is 0 Å². The summed E-state index contributed by atoms with van der Waals surface area (Å²) in [7, 11) is 0. The van der Waals surface area contributed by atoms with Crippen molar-refractivity contribution in [3.05, 3.63) is 41.6 Å². The van der Waals surface area contributed by atoms with Crippen LogP contribution in [0.5, 0.6) is 5.75 Å². The summed E-state index contributed by atoms with van der Waals surface area (Å²) in [6, 6.07) is 9.80. The van der Waals surface area contributed by atoms with E-state index in [4.69, 9.17) is 5.73 Å². The highest BCUT2D eigenvalue weighted by Gasteiger charge is 2.23. The van der Waals surface area contributed by atoms with Crippen molar-refractivity contribution in [3.8, 4) is 5.75 Å². The molecule has 1 saturated heterocycles. The Labute approximate surface area is 142 Å². The minimum absolute atomic E-state index is 0.301. The van der Waals surface area contributed by atoms with E-state index in [2.05, 4.69) is 33.2 Å². The number of phenolic OH excluding ortho intramolecular Hbond substituents is 1. The van der Waals surface area contributed by atoms with Crippen LogP contribution < -0.4 is 16.0 Å². The number of nitrogens with zero attached hydrogens (tertiary/aromatic N) is 3. The molecule has 0 aliphatic carbocycles. The first-order chi connectivity index (χ1) is 11.6. The summed E-state index contributed by atoms with van der Waals surface area (Å²) >= 11 is 0. The largest absolute Gasteiger partial charge is 0.508 e. The number of hydrogen-bond donors (Lipinski definition) is 3. The fourth-order valence-electron chi connectivity index (χ4n) is 3.06. The van der Waals surface area contributed by atoms with Crippen LogP contribution in [0.2, 0.25) is 0 Å². The van der Waals surface area contributed by atoms with E-state index < -0.39 is 0 Å². The van der Waals surface area contributed by atoms with Crippen LogP contribution in [0.3, 0.4) is 0 Å². The summed E-state index contributed by atoms with van der Waals surface area (Å²) in [6.45, 7) is 4.82. The van der Waals surface area contributed by atoms with Gasteiger partial charge in [-0.05, 0) is 30.5 Å². The van der Waals surface area contributed by atoms with Crippen LogP contribution in [-0.4, -0.2) is 34.2 Å². The molecule has 24 heavy (non-hydrogen) atoms. The van der Waals surface area contributed by atoms with Gasteiger partial charge in [0, 0.05) is 37.4 Å². The molecule has 1 fully saturated rings. The number of phenols is 1. The number of benzene rings is 1. The number of aromatic nitrogens is 2. The third kappa shape index (κ3) is 4.14. The van der Waals surface area contributed by atoms with Gasteiger partial charge in [0.15, 0.2) is 0 Å². The van der Waals surface area contributed by atoms with E-state index in [1.54, 1.807) is 12.1 Å². The Morgan fingerprint density at radius 3 is 2.83 bits per heavy atom. The van der Waals surface area contributed by atoms with Crippen LogP contribution in [0.1, 0.15) is 31.0 Å². The highest BCUT2D eigenvalue weighted by atomic mass is 16.3. The SMILES string of the molecule is CCCc1cc(N2CCC(NCc3ccc(O)cc3)C2)nc(N)n1. The molecule has 2 heterocycles. The Hall–Kier alpha value is -2.34. The quantitative estimate of drug-likeness (QED) is 0.753. The van der Waals surface area contributed by atoms with Crippen molar-refractivity contribution in [2.75, 3.05) is 23.7 Å². The van der Waals surface area contributed by atoms with E-state index in [-0.39, 0.29) is 0 Å². The topological polar surface area (TPSA) is 87.3 Å². The molecule has 3 rings (SSSR count). The Bertz CT molecular complexity index is 674. The maximum absolute atomic E-state index is 9.33. The fourth-order valence-corrected chi connectivity index (χ4v) is 3.06. The molecule has 0 saturated carbocycles. The second-order valence-electron chi connectivity index (χ2n) is 6.30. The van der Waals surface area contributed by atoms with Gasteiger partial charge in [0.1, 0.15) is 11.6 Å². The second kappa shape index (κ2) is 7.49. The molecule has 1 aliphatic heterocycles. The van der Waals surface area contributed by atoms with Gasteiger partial charge in [-0.15, -0.1) is 0 Å². The minimum atomic E-state index is 0.301. The van der Waals surface area contributed by atoms with Crippen molar-refractivity contribution in [1.82, 2.24) is 15.3 Å². The van der Waals surface area contributed by atoms with E-state index in [0.717, 1.165) is 50.4 Å². The zero-order valence-electron chi connectivity index (χ0n) is 14.1. The van der Waals surface area contributed by atoms with E-state index >= 15 is 0 Å². The van der Waals surface area contributed by atoms with Crippen molar-refractivity contribution in [2.24, 2.45) is 0 Å². The Kier molecular flexibility index (Phi) is 5.15. The molecule has 6 heteroatoms. The first kappa shape index (κ1) is 16.5. The second-order valence-corrected chi connectivity index (χ2v) is 6.30. The molecule has 1 aromatic heterocycles. The third-order valence-corrected chi connectivity index (χ3v) is 4.33. The van der Waals surface area contributed by atoms with Crippen LogP contribution in [-0.2, 0) is 13.0 Å². The smallest absolute Gasteiger partial charge is 0.222 e. The predicted octanol–water partition coefficient (Wildman–Crippen LogP) is 2.09. The minimum Gasteiger partial charge on any atom is -0.508 e. The molecule has 0 spiro atoms. The number of rotatable bonds is 6. The molecule has 128 valence electrons. The Morgan fingerprint density at radius 2 is 2.08 bits per heavy atom. The zero-order chi connectivity index (χ0) is 16.9. The molecule has 0 radical (unpaired) electrons. The lowest BCUT2D eigenvalue weighted by molar-refractivity contribution is 0.474. The van der Waals surface area contributed by atoms with Crippen LogP contribution in [0.4, 0.5) is 11.8 Å². The van der Waals surface area contributed by atoms with E-state index in [1.165, 1.54) is 5.56 Å². The molecular weight excluding hydrogens is 302 g/mol. The van der Waals surface area contributed by atoms with Gasteiger partial charge in [0.2, 0.25) is 5.95 Å². The van der Waals surface area contributed by atoms with Crippen molar-refractivity contribution >= 4 is 11.8 Å². The highest BCUT2D eigenvalue weighted by Crippen LogP contribution is 2.21. The van der Waals surface area contributed by atoms with Gasteiger partial charge in [-0.25, -0.2) is 4.98 Å². The summed E-state index contributed by atoms with van der Waals surface area (Å²) < 4.78 is 0. The molecular formula is C18H25N5O. The predicted molar refractivity (Wildman–Crippen MR) is 96.0 cm³/mol. The van der Waals surface area contributed by atoms with Gasteiger partial charge in [0.25, 0.3) is 0 Å². The summed E-state index contributed by atoms with van der Waals surface area (Å²) in [5.74, 6) is 1.59. The van der Waals surface area contributed by atoms with Crippen molar-refractivity contribution < 1.29 is 5.11 Å². The van der Waals surface area contributed by atoms with E-state index in [0.29, 0.717) is 17.7 Å². The monoisotopic (exact) mass is 327 g/mol. The van der Waals surface area contributed by atoms with Gasteiger partial charge in [-0.1, -0.05) is 25.5 Å². The molecule has 4 N–H and O–H groups in total. The molecule has 0 amide bonds. The maximum atomic E-state index is 9.33. The lowest BCUT2D eigenvalue weighted by Crippen LogP contribution is -2.32. The lowest BCUT2D eigenvalue weighted by atomic mass is 10.2. The van der Waals surface area contributed by atoms with Gasteiger partial charge >= 0.3 is 0 Å². The average Bonchev–Trinajstić information content (AvgIpc) is 3.03. The van der Waals surface area contributed by atoms with Gasteiger partial charge in [-0.2, -0.15) is 4.98 Å². The molecule has 1 unspecified atom stereocenters. The molecule has 6 nitrogen and oxygen atoms in total. The summed E-state index contributed by atoms with van der Waals surface area (Å²) in [6.07, 6.45) is 3.05. The molecule has 1 atom stereocenters. The van der Waals surface area contributed by atoms with Crippen LogP contribution in [0, 0.1) is 0 Å². The van der Waals surface area contributed by atoms with E-state index in [9.17, 15) is 5.11 Å². The van der Waals surface area contributed by atoms with E-state index in [1.807, 2.05) is 12.1 Å². The number of aryl methyl sites for hydroxylation is 1. The number of nitrogens with two attached hydrogens (primary N) is 1. The number of nitrogens with one attached hydrogen (secondary N) is 1. The fraction of sp³-hybridized carbons (Fsp3) is 0.444. The average molecular weight is 327 g/mol. The first-order valence-electron chi connectivity index (χ1n) is 8.53. The summed E-state index contributed by atoms with van der Waals surface area (Å²) in [5, 5.41) is 12.9. The number of aromatic hydroxyl groups is 1. The van der Waals surface area contributed by atoms with Crippen molar-refractivity contribution in [3.63, 3.8) is 0 Å². The van der Waals surface area contributed by atoms with Crippen LogP contribution >= 0.6 is 0 Å². The summed E-state index contributed by atoms with van der Waals surface area (Å²) in [4.78, 5) is 11.0.